The monoisotopic (exact) mass is 337 g/mol. The second kappa shape index (κ2) is 8.25. The standard InChI is InChI=1S/C21H23NOS/c1-16(19-10-5-9-18(13-19)15-23)22-20(21-11-6-12-24-21)14-17-7-3-2-4-8-17/h2-13,16,20,22-23H,14-15H2,1H3. The highest BCUT2D eigenvalue weighted by atomic mass is 32.1. The van der Waals surface area contributed by atoms with E-state index in [0.29, 0.717) is 0 Å². The number of rotatable bonds is 7. The summed E-state index contributed by atoms with van der Waals surface area (Å²) in [4.78, 5) is 1.35. The molecule has 1 aromatic heterocycles. The van der Waals surface area contributed by atoms with Crippen LogP contribution in [0.4, 0.5) is 0 Å². The molecule has 0 spiro atoms. The van der Waals surface area contributed by atoms with E-state index in [1.165, 1.54) is 16.0 Å². The van der Waals surface area contributed by atoms with Crippen molar-refractivity contribution in [1.29, 1.82) is 0 Å². The molecule has 2 atom stereocenters. The average Bonchev–Trinajstić information content (AvgIpc) is 3.16. The van der Waals surface area contributed by atoms with Gasteiger partial charge in [0.1, 0.15) is 0 Å². The molecular weight excluding hydrogens is 314 g/mol. The van der Waals surface area contributed by atoms with Gasteiger partial charge in [-0.3, -0.25) is 0 Å². The van der Waals surface area contributed by atoms with Gasteiger partial charge in [0.25, 0.3) is 0 Å². The molecule has 2 aromatic carbocycles. The summed E-state index contributed by atoms with van der Waals surface area (Å²) in [6, 6.07) is 23.6. The Morgan fingerprint density at radius 1 is 0.958 bits per heavy atom. The smallest absolute Gasteiger partial charge is 0.0681 e. The first-order valence-corrected chi connectivity index (χ1v) is 9.17. The number of hydrogen-bond donors (Lipinski definition) is 2. The third-order valence-electron chi connectivity index (χ3n) is 4.25. The Labute approximate surface area is 147 Å². The fourth-order valence-electron chi connectivity index (χ4n) is 2.94. The van der Waals surface area contributed by atoms with Crippen LogP contribution in [-0.2, 0) is 13.0 Å². The van der Waals surface area contributed by atoms with Crippen LogP contribution in [0, 0.1) is 0 Å². The zero-order valence-corrected chi connectivity index (χ0v) is 14.7. The van der Waals surface area contributed by atoms with Crippen LogP contribution in [0.1, 0.15) is 40.6 Å². The van der Waals surface area contributed by atoms with Crippen LogP contribution in [0.2, 0.25) is 0 Å². The van der Waals surface area contributed by atoms with Gasteiger partial charge in [-0.05, 0) is 41.5 Å². The Morgan fingerprint density at radius 3 is 2.46 bits per heavy atom. The first kappa shape index (κ1) is 16.9. The number of hydrogen-bond acceptors (Lipinski definition) is 3. The minimum atomic E-state index is 0.0823. The Kier molecular flexibility index (Phi) is 5.81. The largest absolute Gasteiger partial charge is 0.392 e. The summed E-state index contributed by atoms with van der Waals surface area (Å²) in [5.74, 6) is 0. The highest BCUT2D eigenvalue weighted by Gasteiger charge is 2.17. The third-order valence-corrected chi connectivity index (χ3v) is 5.24. The third kappa shape index (κ3) is 4.32. The van der Waals surface area contributed by atoms with E-state index in [-0.39, 0.29) is 18.7 Å². The topological polar surface area (TPSA) is 32.3 Å². The summed E-state index contributed by atoms with van der Waals surface area (Å²) in [6.45, 7) is 2.26. The van der Waals surface area contributed by atoms with E-state index >= 15 is 0 Å². The molecular formula is C21H23NOS. The van der Waals surface area contributed by atoms with E-state index in [9.17, 15) is 5.11 Å². The Hall–Kier alpha value is -1.94. The number of thiophene rings is 1. The molecule has 2 nitrogen and oxygen atoms in total. The van der Waals surface area contributed by atoms with Gasteiger partial charge in [0, 0.05) is 17.0 Å². The lowest BCUT2D eigenvalue weighted by Gasteiger charge is -2.23. The molecule has 3 aromatic rings. The van der Waals surface area contributed by atoms with Gasteiger partial charge in [0.15, 0.2) is 0 Å². The SMILES string of the molecule is CC(NC(Cc1ccccc1)c1cccs1)c1cccc(CO)c1. The summed E-state index contributed by atoms with van der Waals surface area (Å²) in [5.41, 5.74) is 3.49. The Bertz CT molecular complexity index is 740. The maximum absolute atomic E-state index is 9.35. The van der Waals surface area contributed by atoms with E-state index in [1.54, 1.807) is 11.3 Å². The molecule has 1 heterocycles. The van der Waals surface area contributed by atoms with Gasteiger partial charge in [-0.2, -0.15) is 0 Å². The van der Waals surface area contributed by atoms with Crippen LogP contribution >= 0.6 is 11.3 Å². The maximum atomic E-state index is 9.35. The normalized spacial score (nSPS) is 13.6. The lowest BCUT2D eigenvalue weighted by atomic mass is 10.0. The van der Waals surface area contributed by atoms with Gasteiger partial charge in [-0.25, -0.2) is 0 Å². The fraction of sp³-hybridized carbons (Fsp3) is 0.238. The maximum Gasteiger partial charge on any atom is 0.0681 e. The fourth-order valence-corrected chi connectivity index (χ4v) is 3.73. The van der Waals surface area contributed by atoms with E-state index in [4.69, 9.17) is 0 Å². The predicted octanol–water partition coefficient (Wildman–Crippen LogP) is 4.88. The summed E-state index contributed by atoms with van der Waals surface area (Å²) >= 11 is 1.79. The first-order valence-electron chi connectivity index (χ1n) is 8.29. The zero-order chi connectivity index (χ0) is 16.8. The van der Waals surface area contributed by atoms with Crippen molar-refractivity contribution in [2.75, 3.05) is 0 Å². The van der Waals surface area contributed by atoms with E-state index in [1.807, 2.05) is 12.1 Å². The highest BCUT2D eigenvalue weighted by Crippen LogP contribution is 2.26. The van der Waals surface area contributed by atoms with Gasteiger partial charge >= 0.3 is 0 Å². The van der Waals surface area contributed by atoms with Crippen LogP contribution in [0.15, 0.2) is 72.1 Å². The van der Waals surface area contributed by atoms with Crippen molar-refractivity contribution in [3.63, 3.8) is 0 Å². The van der Waals surface area contributed by atoms with Crippen LogP contribution in [0.3, 0.4) is 0 Å². The van der Waals surface area contributed by atoms with Crippen molar-refractivity contribution in [2.45, 2.75) is 32.0 Å². The molecule has 0 amide bonds. The van der Waals surface area contributed by atoms with Crippen molar-refractivity contribution in [3.8, 4) is 0 Å². The quantitative estimate of drug-likeness (QED) is 0.644. The second-order valence-corrected chi connectivity index (χ2v) is 7.03. The molecule has 0 aliphatic heterocycles. The van der Waals surface area contributed by atoms with E-state index in [2.05, 4.69) is 72.2 Å². The summed E-state index contributed by atoms with van der Waals surface area (Å²) in [6.07, 6.45) is 0.964. The van der Waals surface area contributed by atoms with Gasteiger partial charge in [0.05, 0.1) is 6.61 Å². The van der Waals surface area contributed by atoms with Gasteiger partial charge in [-0.1, -0.05) is 60.7 Å². The van der Waals surface area contributed by atoms with Gasteiger partial charge in [0.2, 0.25) is 0 Å². The molecule has 124 valence electrons. The van der Waals surface area contributed by atoms with E-state index < -0.39 is 0 Å². The molecule has 0 fully saturated rings. The average molecular weight is 337 g/mol. The second-order valence-electron chi connectivity index (χ2n) is 6.05. The minimum Gasteiger partial charge on any atom is -0.392 e. The summed E-state index contributed by atoms with van der Waals surface area (Å²) < 4.78 is 0. The molecule has 3 heteroatoms. The molecule has 0 bridgehead atoms. The van der Waals surface area contributed by atoms with Gasteiger partial charge in [-0.15, -0.1) is 11.3 Å². The summed E-state index contributed by atoms with van der Waals surface area (Å²) in [5, 5.41) is 15.2. The van der Waals surface area contributed by atoms with Crippen LogP contribution in [-0.4, -0.2) is 5.11 Å². The Balaban J connectivity index is 1.78. The van der Waals surface area contributed by atoms with Gasteiger partial charge < -0.3 is 10.4 Å². The van der Waals surface area contributed by atoms with Crippen LogP contribution < -0.4 is 5.32 Å². The van der Waals surface area contributed by atoms with Crippen LogP contribution in [0.5, 0.6) is 0 Å². The Morgan fingerprint density at radius 2 is 1.75 bits per heavy atom. The number of aliphatic hydroxyl groups excluding tert-OH is 1. The molecule has 0 aliphatic carbocycles. The molecule has 0 aliphatic rings. The predicted molar refractivity (Wildman–Crippen MR) is 101 cm³/mol. The molecule has 0 saturated carbocycles. The minimum absolute atomic E-state index is 0.0823. The van der Waals surface area contributed by atoms with Crippen LogP contribution in [0.25, 0.3) is 0 Å². The van der Waals surface area contributed by atoms with Crippen molar-refractivity contribution < 1.29 is 5.11 Å². The molecule has 2 N–H and O–H groups in total. The van der Waals surface area contributed by atoms with Crippen molar-refractivity contribution >= 4 is 11.3 Å². The summed E-state index contributed by atoms with van der Waals surface area (Å²) in [7, 11) is 0. The first-order chi connectivity index (χ1) is 11.8. The molecule has 0 radical (unpaired) electrons. The van der Waals surface area contributed by atoms with Crippen molar-refractivity contribution in [1.82, 2.24) is 5.32 Å². The molecule has 24 heavy (non-hydrogen) atoms. The zero-order valence-electron chi connectivity index (χ0n) is 13.9. The van der Waals surface area contributed by atoms with Crippen molar-refractivity contribution in [3.05, 3.63) is 93.7 Å². The van der Waals surface area contributed by atoms with E-state index in [0.717, 1.165) is 12.0 Å². The lowest BCUT2D eigenvalue weighted by Crippen LogP contribution is -2.26. The molecule has 2 unspecified atom stereocenters. The molecule has 3 rings (SSSR count). The van der Waals surface area contributed by atoms with Crippen molar-refractivity contribution in [2.24, 2.45) is 0 Å². The lowest BCUT2D eigenvalue weighted by molar-refractivity contribution is 0.281. The highest BCUT2D eigenvalue weighted by molar-refractivity contribution is 7.10. The number of aliphatic hydroxyl groups is 1. The number of benzene rings is 2. The number of nitrogens with one attached hydrogen (secondary N) is 1. The molecule has 0 saturated heterocycles.